The fourth-order valence-electron chi connectivity index (χ4n) is 1.80. The molecule has 4 heteroatoms. The Morgan fingerprint density at radius 2 is 1.94 bits per heavy atom. The highest BCUT2D eigenvalue weighted by Gasteiger charge is 2.23. The summed E-state index contributed by atoms with van der Waals surface area (Å²) in [7, 11) is 0. The largest absolute Gasteiger partial charge is 0.465 e. The third-order valence-corrected chi connectivity index (χ3v) is 2.54. The van der Waals surface area contributed by atoms with Crippen LogP contribution in [-0.2, 0) is 4.79 Å². The highest BCUT2D eigenvalue weighted by Crippen LogP contribution is 2.32. The van der Waals surface area contributed by atoms with E-state index in [1.165, 1.54) is 0 Å². The maximum atomic E-state index is 11.7. The second-order valence-corrected chi connectivity index (χ2v) is 3.57. The van der Waals surface area contributed by atoms with Crippen molar-refractivity contribution >= 4 is 23.2 Å². The van der Waals surface area contributed by atoms with Gasteiger partial charge in [0.15, 0.2) is 0 Å². The monoisotopic (exact) mass is 229 g/mol. The van der Waals surface area contributed by atoms with E-state index in [9.17, 15) is 4.79 Å². The van der Waals surface area contributed by atoms with Gasteiger partial charge in [-0.25, -0.2) is 0 Å². The van der Waals surface area contributed by atoms with E-state index in [0.717, 1.165) is 11.3 Å². The van der Waals surface area contributed by atoms with Gasteiger partial charge in [-0.05, 0) is 24.3 Å². The number of carbonyl (C=O) groups is 1. The van der Waals surface area contributed by atoms with Crippen LogP contribution in [0.15, 0.2) is 47.1 Å². The summed E-state index contributed by atoms with van der Waals surface area (Å²) in [4.78, 5) is 11.7. The molecule has 0 saturated carbocycles. The molecule has 1 aromatic carbocycles. The summed E-state index contributed by atoms with van der Waals surface area (Å²) >= 11 is 0. The SMILES string of the molecule is O.O=C1Nc2ccccc2/C1=C\c1ccco1. The molecule has 0 fully saturated rings. The van der Waals surface area contributed by atoms with Gasteiger partial charge in [0, 0.05) is 11.3 Å². The molecule has 3 N–H and O–H groups in total. The molecule has 1 aliphatic rings. The van der Waals surface area contributed by atoms with E-state index in [0.29, 0.717) is 11.3 Å². The third-order valence-electron chi connectivity index (χ3n) is 2.54. The van der Waals surface area contributed by atoms with E-state index in [1.807, 2.05) is 30.3 Å². The topological polar surface area (TPSA) is 73.7 Å². The minimum Gasteiger partial charge on any atom is -0.465 e. The molecule has 1 amide bonds. The van der Waals surface area contributed by atoms with Crippen molar-refractivity contribution in [2.45, 2.75) is 0 Å². The molecular formula is C13H11NO3. The van der Waals surface area contributed by atoms with E-state index in [4.69, 9.17) is 4.42 Å². The first-order chi connectivity index (χ1) is 7.84. The van der Waals surface area contributed by atoms with Crippen molar-refractivity contribution in [1.82, 2.24) is 0 Å². The Labute approximate surface area is 97.9 Å². The summed E-state index contributed by atoms with van der Waals surface area (Å²) in [5, 5.41) is 2.81. The molecule has 17 heavy (non-hydrogen) atoms. The van der Waals surface area contributed by atoms with Gasteiger partial charge in [-0.1, -0.05) is 18.2 Å². The number of hydrogen-bond acceptors (Lipinski definition) is 2. The number of furan rings is 1. The van der Waals surface area contributed by atoms with E-state index in [1.54, 1.807) is 18.4 Å². The molecule has 0 aliphatic carbocycles. The van der Waals surface area contributed by atoms with Crippen LogP contribution in [0.5, 0.6) is 0 Å². The second-order valence-electron chi connectivity index (χ2n) is 3.57. The quantitative estimate of drug-likeness (QED) is 0.759. The molecule has 1 aromatic heterocycles. The molecule has 2 heterocycles. The zero-order valence-corrected chi connectivity index (χ0v) is 8.94. The zero-order chi connectivity index (χ0) is 11.0. The fourth-order valence-corrected chi connectivity index (χ4v) is 1.80. The number of para-hydroxylation sites is 1. The summed E-state index contributed by atoms with van der Waals surface area (Å²) in [5.41, 5.74) is 2.42. The normalized spacial score (nSPS) is 15.3. The first-order valence-corrected chi connectivity index (χ1v) is 5.00. The average Bonchev–Trinajstić information content (AvgIpc) is 2.89. The van der Waals surface area contributed by atoms with Crippen molar-refractivity contribution in [3.05, 3.63) is 54.0 Å². The fraction of sp³-hybridized carbons (Fsp3) is 0. The lowest BCUT2D eigenvalue weighted by Gasteiger charge is -1.95. The first kappa shape index (κ1) is 11.2. The molecule has 0 radical (unpaired) electrons. The number of carbonyl (C=O) groups excluding carboxylic acids is 1. The Balaban J connectivity index is 0.00000108. The van der Waals surface area contributed by atoms with Crippen LogP contribution in [0.3, 0.4) is 0 Å². The molecule has 2 aromatic rings. The number of hydrogen-bond donors (Lipinski definition) is 1. The van der Waals surface area contributed by atoms with Crippen LogP contribution in [0.1, 0.15) is 11.3 Å². The van der Waals surface area contributed by atoms with Crippen LogP contribution in [0.2, 0.25) is 0 Å². The van der Waals surface area contributed by atoms with Crippen LogP contribution in [0.4, 0.5) is 5.69 Å². The van der Waals surface area contributed by atoms with E-state index < -0.39 is 0 Å². The number of fused-ring (bicyclic) bond motifs is 1. The van der Waals surface area contributed by atoms with Crippen LogP contribution in [-0.4, -0.2) is 11.4 Å². The Kier molecular flexibility index (Phi) is 2.80. The van der Waals surface area contributed by atoms with Crippen molar-refractivity contribution in [3.8, 4) is 0 Å². The van der Waals surface area contributed by atoms with Crippen molar-refractivity contribution in [2.24, 2.45) is 0 Å². The minimum atomic E-state index is -0.0856. The lowest BCUT2D eigenvalue weighted by atomic mass is 10.1. The summed E-state index contributed by atoms with van der Waals surface area (Å²) in [6.07, 6.45) is 3.34. The minimum absolute atomic E-state index is 0. The molecule has 0 saturated heterocycles. The lowest BCUT2D eigenvalue weighted by Crippen LogP contribution is -2.03. The molecule has 0 bridgehead atoms. The van der Waals surface area contributed by atoms with Crippen molar-refractivity contribution < 1.29 is 14.7 Å². The Bertz CT molecular complexity index is 570. The Morgan fingerprint density at radius 3 is 2.71 bits per heavy atom. The smallest absolute Gasteiger partial charge is 0.256 e. The molecule has 1 aliphatic heterocycles. The van der Waals surface area contributed by atoms with Gasteiger partial charge in [0.2, 0.25) is 0 Å². The Morgan fingerprint density at radius 1 is 1.12 bits per heavy atom. The highest BCUT2D eigenvalue weighted by molar-refractivity contribution is 6.34. The standard InChI is InChI=1S/C13H9NO2.H2O/c15-13-11(8-9-4-3-7-16-9)10-5-1-2-6-12(10)14-13;/h1-8H,(H,14,15);1H2/b11-8+;. The van der Waals surface area contributed by atoms with Crippen molar-refractivity contribution in [2.75, 3.05) is 5.32 Å². The number of benzene rings is 1. The number of amides is 1. The van der Waals surface area contributed by atoms with Gasteiger partial charge in [-0.2, -0.15) is 0 Å². The van der Waals surface area contributed by atoms with Gasteiger partial charge in [-0.3, -0.25) is 4.79 Å². The summed E-state index contributed by atoms with van der Waals surface area (Å²) < 4.78 is 5.20. The van der Waals surface area contributed by atoms with Gasteiger partial charge in [0.05, 0.1) is 11.8 Å². The van der Waals surface area contributed by atoms with E-state index in [-0.39, 0.29) is 11.4 Å². The molecule has 3 rings (SSSR count). The summed E-state index contributed by atoms with van der Waals surface area (Å²) in [6.45, 7) is 0. The van der Waals surface area contributed by atoms with Crippen LogP contribution >= 0.6 is 0 Å². The van der Waals surface area contributed by atoms with Crippen LogP contribution in [0, 0.1) is 0 Å². The van der Waals surface area contributed by atoms with Crippen molar-refractivity contribution in [3.63, 3.8) is 0 Å². The van der Waals surface area contributed by atoms with Crippen molar-refractivity contribution in [1.29, 1.82) is 0 Å². The van der Waals surface area contributed by atoms with Gasteiger partial charge in [0.1, 0.15) is 5.76 Å². The third kappa shape index (κ3) is 1.86. The summed E-state index contributed by atoms with van der Waals surface area (Å²) in [6, 6.07) is 11.2. The second kappa shape index (κ2) is 4.27. The van der Waals surface area contributed by atoms with Gasteiger partial charge >= 0.3 is 0 Å². The molecule has 86 valence electrons. The van der Waals surface area contributed by atoms with E-state index >= 15 is 0 Å². The highest BCUT2D eigenvalue weighted by atomic mass is 16.3. The molecule has 0 atom stereocenters. The first-order valence-electron chi connectivity index (χ1n) is 5.00. The zero-order valence-electron chi connectivity index (χ0n) is 8.94. The van der Waals surface area contributed by atoms with Gasteiger partial charge in [0.25, 0.3) is 5.91 Å². The molecule has 0 unspecified atom stereocenters. The predicted octanol–water partition coefficient (Wildman–Crippen LogP) is 1.95. The maximum Gasteiger partial charge on any atom is 0.256 e. The average molecular weight is 229 g/mol. The maximum absolute atomic E-state index is 11.7. The number of rotatable bonds is 1. The van der Waals surface area contributed by atoms with Crippen LogP contribution in [0.25, 0.3) is 11.6 Å². The predicted molar refractivity (Wildman–Crippen MR) is 65.3 cm³/mol. The van der Waals surface area contributed by atoms with E-state index in [2.05, 4.69) is 5.32 Å². The Hall–Kier alpha value is -2.33. The molecule has 0 spiro atoms. The lowest BCUT2D eigenvalue weighted by molar-refractivity contribution is -0.110. The van der Waals surface area contributed by atoms with Crippen LogP contribution < -0.4 is 5.32 Å². The van der Waals surface area contributed by atoms with Gasteiger partial charge in [-0.15, -0.1) is 0 Å². The summed E-state index contributed by atoms with van der Waals surface area (Å²) in [5.74, 6) is 0.597. The van der Waals surface area contributed by atoms with Gasteiger partial charge < -0.3 is 15.2 Å². The molecule has 4 nitrogen and oxygen atoms in total. The molecular weight excluding hydrogens is 218 g/mol. The number of anilines is 1. The number of nitrogens with one attached hydrogen (secondary N) is 1.